The fourth-order valence-electron chi connectivity index (χ4n) is 2.75. The van der Waals surface area contributed by atoms with E-state index in [2.05, 4.69) is 11.4 Å². The number of ether oxygens (including phenoxy) is 1. The van der Waals surface area contributed by atoms with E-state index >= 15 is 0 Å². The molecule has 6 nitrogen and oxygen atoms in total. The number of nitrogens with zero attached hydrogens (tertiary/aromatic N) is 1. The molecule has 3 rings (SSSR count). The van der Waals surface area contributed by atoms with Gasteiger partial charge in [-0.05, 0) is 23.6 Å². The van der Waals surface area contributed by atoms with E-state index in [1.165, 1.54) is 23.8 Å². The predicted molar refractivity (Wildman–Crippen MR) is 84.3 cm³/mol. The number of hydrogen-bond donors (Lipinski definition) is 1. The van der Waals surface area contributed by atoms with Gasteiger partial charge in [0.15, 0.2) is 0 Å². The molecule has 2 aromatic carbocycles. The molecule has 1 heterocycles. The number of nitro benzene ring substituents is 1. The van der Waals surface area contributed by atoms with Crippen LogP contribution in [0.25, 0.3) is 0 Å². The molecule has 1 atom stereocenters. The largest absolute Gasteiger partial charge is 0.371 e. The number of hydrogen-bond acceptors (Lipinski definition) is 4. The monoisotopic (exact) mass is 312 g/mol. The van der Waals surface area contributed by atoms with Crippen molar-refractivity contribution < 1.29 is 14.5 Å². The lowest BCUT2D eigenvalue weighted by Gasteiger charge is -2.26. The molecule has 0 saturated carbocycles. The van der Waals surface area contributed by atoms with Crippen molar-refractivity contribution in [2.24, 2.45) is 0 Å². The summed E-state index contributed by atoms with van der Waals surface area (Å²) in [4.78, 5) is 22.7. The maximum atomic E-state index is 12.3. The molecule has 0 bridgehead atoms. The molecule has 1 aliphatic rings. The van der Waals surface area contributed by atoms with Gasteiger partial charge in [0.05, 0.1) is 11.5 Å². The van der Waals surface area contributed by atoms with Crippen LogP contribution >= 0.6 is 0 Å². The van der Waals surface area contributed by atoms with E-state index in [1.807, 2.05) is 18.2 Å². The molecule has 0 spiro atoms. The third-order valence-electron chi connectivity index (χ3n) is 3.89. The number of para-hydroxylation sites is 1. The standard InChI is InChI=1S/C17H16N2O4/c20-17(14-7-3-4-8-15(14)19(21)22)18-11-16-13-6-2-1-5-12(13)9-10-23-16/h1-8,16H,9-11H2,(H,18,20)/t16-/m1/s1. The van der Waals surface area contributed by atoms with Gasteiger partial charge in [-0.1, -0.05) is 36.4 Å². The van der Waals surface area contributed by atoms with Crippen molar-refractivity contribution in [3.63, 3.8) is 0 Å². The molecular formula is C17H16N2O4. The SMILES string of the molecule is O=C(NC[C@H]1OCCc2ccccc21)c1ccccc1[N+](=O)[O-]. The van der Waals surface area contributed by atoms with Gasteiger partial charge in [-0.25, -0.2) is 0 Å². The minimum atomic E-state index is -0.554. The number of rotatable bonds is 4. The summed E-state index contributed by atoms with van der Waals surface area (Å²) < 4.78 is 5.72. The summed E-state index contributed by atoms with van der Waals surface area (Å²) in [5, 5.41) is 13.7. The first-order valence-electron chi connectivity index (χ1n) is 7.38. The molecule has 6 heteroatoms. The second-order valence-corrected chi connectivity index (χ2v) is 5.29. The Morgan fingerprint density at radius 2 is 1.96 bits per heavy atom. The summed E-state index contributed by atoms with van der Waals surface area (Å²) >= 11 is 0. The highest BCUT2D eigenvalue weighted by Gasteiger charge is 2.23. The van der Waals surface area contributed by atoms with E-state index in [1.54, 1.807) is 6.07 Å². The van der Waals surface area contributed by atoms with Crippen LogP contribution in [0.2, 0.25) is 0 Å². The van der Waals surface area contributed by atoms with Crippen molar-refractivity contribution in [1.29, 1.82) is 0 Å². The Morgan fingerprint density at radius 3 is 2.78 bits per heavy atom. The molecule has 0 aromatic heterocycles. The van der Waals surface area contributed by atoms with E-state index in [9.17, 15) is 14.9 Å². The molecule has 0 aliphatic carbocycles. The van der Waals surface area contributed by atoms with Gasteiger partial charge in [-0.15, -0.1) is 0 Å². The topological polar surface area (TPSA) is 81.5 Å². The highest BCUT2D eigenvalue weighted by molar-refractivity contribution is 5.98. The molecule has 2 aromatic rings. The van der Waals surface area contributed by atoms with Crippen molar-refractivity contribution in [1.82, 2.24) is 5.32 Å². The smallest absolute Gasteiger partial charge is 0.282 e. The number of nitrogens with one attached hydrogen (secondary N) is 1. The van der Waals surface area contributed by atoms with Gasteiger partial charge in [0, 0.05) is 12.6 Å². The molecule has 1 N–H and O–H groups in total. The summed E-state index contributed by atoms with van der Waals surface area (Å²) in [6.45, 7) is 0.880. The van der Waals surface area contributed by atoms with E-state index in [0.29, 0.717) is 6.61 Å². The quantitative estimate of drug-likeness (QED) is 0.695. The van der Waals surface area contributed by atoms with Crippen molar-refractivity contribution in [2.45, 2.75) is 12.5 Å². The normalized spacial score (nSPS) is 16.4. The number of amides is 1. The van der Waals surface area contributed by atoms with Gasteiger partial charge in [-0.2, -0.15) is 0 Å². The summed E-state index contributed by atoms with van der Waals surface area (Å²) in [6, 6.07) is 13.9. The van der Waals surface area contributed by atoms with Crippen LogP contribution in [0.4, 0.5) is 5.69 Å². The van der Waals surface area contributed by atoms with Gasteiger partial charge in [0.2, 0.25) is 0 Å². The van der Waals surface area contributed by atoms with Crippen molar-refractivity contribution in [2.75, 3.05) is 13.2 Å². The molecule has 118 valence electrons. The zero-order chi connectivity index (χ0) is 16.2. The van der Waals surface area contributed by atoms with E-state index in [-0.39, 0.29) is 23.9 Å². The first-order chi connectivity index (χ1) is 11.2. The van der Waals surface area contributed by atoms with Crippen molar-refractivity contribution >= 4 is 11.6 Å². The highest BCUT2D eigenvalue weighted by atomic mass is 16.6. The lowest BCUT2D eigenvalue weighted by Crippen LogP contribution is -2.32. The maximum Gasteiger partial charge on any atom is 0.282 e. The average molecular weight is 312 g/mol. The fraction of sp³-hybridized carbons (Fsp3) is 0.235. The Labute approximate surface area is 133 Å². The minimum Gasteiger partial charge on any atom is -0.371 e. The van der Waals surface area contributed by atoms with E-state index in [0.717, 1.165) is 12.0 Å². The maximum absolute atomic E-state index is 12.3. The van der Waals surface area contributed by atoms with E-state index < -0.39 is 10.8 Å². The lowest BCUT2D eigenvalue weighted by molar-refractivity contribution is -0.385. The van der Waals surface area contributed by atoms with Gasteiger partial charge in [-0.3, -0.25) is 14.9 Å². The van der Waals surface area contributed by atoms with E-state index in [4.69, 9.17) is 4.74 Å². The summed E-state index contributed by atoms with van der Waals surface area (Å²) in [5.74, 6) is -0.469. The number of fused-ring (bicyclic) bond motifs is 1. The summed E-state index contributed by atoms with van der Waals surface area (Å²) in [6.07, 6.45) is 0.622. The second kappa shape index (κ2) is 6.58. The van der Waals surface area contributed by atoms with Crippen LogP contribution in [0.1, 0.15) is 27.6 Å². The van der Waals surface area contributed by atoms with Crippen molar-refractivity contribution in [3.05, 3.63) is 75.3 Å². The molecule has 1 amide bonds. The molecule has 23 heavy (non-hydrogen) atoms. The Kier molecular flexibility index (Phi) is 4.34. The molecule has 0 fully saturated rings. The lowest BCUT2D eigenvalue weighted by atomic mass is 9.97. The van der Waals surface area contributed by atoms with Crippen LogP contribution < -0.4 is 5.32 Å². The van der Waals surface area contributed by atoms with Crippen LogP contribution in [0.15, 0.2) is 48.5 Å². The highest BCUT2D eigenvalue weighted by Crippen LogP contribution is 2.26. The first kappa shape index (κ1) is 15.2. The molecule has 0 radical (unpaired) electrons. The second-order valence-electron chi connectivity index (χ2n) is 5.29. The predicted octanol–water partition coefficient (Wildman–Crippen LogP) is 2.64. The Bertz CT molecular complexity index is 745. The Morgan fingerprint density at radius 1 is 1.22 bits per heavy atom. The number of nitro groups is 1. The first-order valence-corrected chi connectivity index (χ1v) is 7.38. The fourth-order valence-corrected chi connectivity index (χ4v) is 2.75. The van der Waals surface area contributed by atoms with Gasteiger partial charge in [0.1, 0.15) is 11.7 Å². The van der Waals surface area contributed by atoms with Gasteiger partial charge >= 0.3 is 0 Å². The van der Waals surface area contributed by atoms with Crippen molar-refractivity contribution in [3.8, 4) is 0 Å². The Hall–Kier alpha value is -2.73. The summed E-state index contributed by atoms with van der Waals surface area (Å²) in [7, 11) is 0. The third-order valence-corrected chi connectivity index (χ3v) is 3.89. The van der Waals surface area contributed by atoms with Crippen LogP contribution in [0.3, 0.4) is 0 Å². The van der Waals surface area contributed by atoms with Crippen LogP contribution in [0, 0.1) is 10.1 Å². The van der Waals surface area contributed by atoms with Crippen LogP contribution in [-0.2, 0) is 11.2 Å². The summed E-state index contributed by atoms with van der Waals surface area (Å²) in [5.41, 5.74) is 2.13. The van der Waals surface area contributed by atoms with Crippen LogP contribution in [-0.4, -0.2) is 24.0 Å². The van der Waals surface area contributed by atoms with Gasteiger partial charge in [0.25, 0.3) is 11.6 Å². The molecule has 0 unspecified atom stereocenters. The molecular weight excluding hydrogens is 296 g/mol. The zero-order valence-electron chi connectivity index (χ0n) is 12.4. The van der Waals surface area contributed by atoms with Crippen LogP contribution in [0.5, 0.6) is 0 Å². The number of benzene rings is 2. The average Bonchev–Trinajstić information content (AvgIpc) is 2.59. The Balaban J connectivity index is 1.72. The van der Waals surface area contributed by atoms with Gasteiger partial charge < -0.3 is 10.1 Å². The third kappa shape index (κ3) is 3.22. The number of carbonyl (C=O) groups is 1. The molecule has 1 aliphatic heterocycles. The molecule has 0 saturated heterocycles. The zero-order valence-corrected chi connectivity index (χ0v) is 12.4. The minimum absolute atomic E-state index is 0.0570. The number of carbonyl (C=O) groups excluding carboxylic acids is 1.